The smallest absolute Gasteiger partial charge is 0.0751 e. The summed E-state index contributed by atoms with van der Waals surface area (Å²) in [6.45, 7) is 0. The second kappa shape index (κ2) is 5.57. The van der Waals surface area contributed by atoms with Crippen LogP contribution in [0.5, 0.6) is 0 Å². The fourth-order valence-electron chi connectivity index (χ4n) is 2.28. The number of hydrogen-bond acceptors (Lipinski definition) is 1. The highest BCUT2D eigenvalue weighted by atomic mass is 15.3. The minimum Gasteiger partial charge on any atom is -0.267 e. The number of nitrogens with zero attached hydrogens (tertiary/aromatic N) is 2. The van der Waals surface area contributed by atoms with Gasteiger partial charge in [-0.15, -0.1) is 0 Å². The number of aromatic nitrogens is 2. The Bertz CT molecular complexity index is 710. The van der Waals surface area contributed by atoms with Crippen LogP contribution < -0.4 is 0 Å². The first-order valence-electron chi connectivity index (χ1n) is 6.65. The zero-order valence-corrected chi connectivity index (χ0v) is 11.4. The Balaban J connectivity index is 1.98. The molecule has 2 aromatic carbocycles. The van der Waals surface area contributed by atoms with E-state index >= 15 is 0 Å². The fourth-order valence-corrected chi connectivity index (χ4v) is 2.28. The van der Waals surface area contributed by atoms with Gasteiger partial charge in [0.05, 0.1) is 11.9 Å². The molecule has 1 aromatic heterocycles. The van der Waals surface area contributed by atoms with Crippen molar-refractivity contribution in [3.63, 3.8) is 0 Å². The summed E-state index contributed by atoms with van der Waals surface area (Å²) in [5, 5.41) is 4.37. The van der Waals surface area contributed by atoms with Crippen molar-refractivity contribution in [1.29, 1.82) is 0 Å². The maximum absolute atomic E-state index is 4.37. The van der Waals surface area contributed by atoms with E-state index in [-0.39, 0.29) is 0 Å². The molecule has 0 saturated heterocycles. The number of hydrogen-bond donors (Lipinski definition) is 0. The molecule has 2 heteroatoms. The van der Waals surface area contributed by atoms with Crippen molar-refractivity contribution in [2.45, 2.75) is 0 Å². The molecule has 0 unspecified atom stereocenters. The highest BCUT2D eigenvalue weighted by Crippen LogP contribution is 2.24. The first kappa shape index (κ1) is 12.4. The predicted octanol–water partition coefficient (Wildman–Crippen LogP) is 4.26. The second-order valence-electron chi connectivity index (χ2n) is 4.68. The van der Waals surface area contributed by atoms with Gasteiger partial charge in [-0.1, -0.05) is 72.8 Å². The second-order valence-corrected chi connectivity index (χ2v) is 4.68. The average Bonchev–Trinajstić information content (AvgIpc) is 2.88. The van der Waals surface area contributed by atoms with Crippen molar-refractivity contribution in [2.24, 2.45) is 7.05 Å². The van der Waals surface area contributed by atoms with Crippen molar-refractivity contribution in [3.05, 3.63) is 78.0 Å². The number of aryl methyl sites for hydroxylation is 1. The molecule has 3 aromatic rings. The van der Waals surface area contributed by atoms with Gasteiger partial charge in [0.25, 0.3) is 0 Å². The molecule has 0 spiro atoms. The molecule has 0 fully saturated rings. The van der Waals surface area contributed by atoms with Crippen molar-refractivity contribution < 1.29 is 0 Å². The molecular weight excluding hydrogens is 244 g/mol. The van der Waals surface area contributed by atoms with E-state index in [1.807, 2.05) is 54.3 Å². The first-order chi connectivity index (χ1) is 9.84. The van der Waals surface area contributed by atoms with Crippen LogP contribution in [-0.2, 0) is 7.05 Å². The van der Waals surface area contributed by atoms with Crippen LogP contribution in [0.2, 0.25) is 0 Å². The molecule has 0 amide bonds. The minimum atomic E-state index is 1.13. The Labute approximate surface area is 119 Å². The predicted molar refractivity (Wildman–Crippen MR) is 84.0 cm³/mol. The molecule has 0 aliphatic rings. The third kappa shape index (κ3) is 2.54. The Morgan fingerprint density at radius 3 is 2.20 bits per heavy atom. The van der Waals surface area contributed by atoms with E-state index < -0.39 is 0 Å². The molecule has 0 radical (unpaired) electrons. The Morgan fingerprint density at radius 1 is 0.850 bits per heavy atom. The van der Waals surface area contributed by atoms with Gasteiger partial charge >= 0.3 is 0 Å². The number of benzene rings is 2. The molecule has 0 atom stereocenters. The summed E-state index contributed by atoms with van der Waals surface area (Å²) < 4.78 is 1.92. The van der Waals surface area contributed by atoms with Gasteiger partial charge < -0.3 is 0 Å². The summed E-state index contributed by atoms with van der Waals surface area (Å²) in [4.78, 5) is 0. The number of rotatable bonds is 3. The van der Waals surface area contributed by atoms with Crippen molar-refractivity contribution in [1.82, 2.24) is 9.78 Å². The highest BCUT2D eigenvalue weighted by molar-refractivity contribution is 5.78. The summed E-state index contributed by atoms with van der Waals surface area (Å²) in [6.07, 6.45) is 6.13. The van der Waals surface area contributed by atoms with Gasteiger partial charge in [0.1, 0.15) is 0 Å². The SMILES string of the molecule is Cn1ncc(/C=C/c2ccccc2)c1-c1ccccc1. The van der Waals surface area contributed by atoms with Crippen molar-refractivity contribution in [3.8, 4) is 11.3 Å². The van der Waals surface area contributed by atoms with E-state index in [1.54, 1.807) is 0 Å². The fraction of sp³-hybridized carbons (Fsp3) is 0.0556. The average molecular weight is 260 g/mol. The van der Waals surface area contributed by atoms with Crippen LogP contribution in [0.3, 0.4) is 0 Å². The maximum atomic E-state index is 4.37. The monoisotopic (exact) mass is 260 g/mol. The maximum Gasteiger partial charge on any atom is 0.0751 e. The Hall–Kier alpha value is -2.61. The molecule has 0 aliphatic heterocycles. The normalized spacial score (nSPS) is 11.1. The van der Waals surface area contributed by atoms with Crippen molar-refractivity contribution in [2.75, 3.05) is 0 Å². The molecule has 98 valence electrons. The summed E-state index contributed by atoms with van der Waals surface area (Å²) in [7, 11) is 1.97. The van der Waals surface area contributed by atoms with Crippen LogP contribution in [0.1, 0.15) is 11.1 Å². The van der Waals surface area contributed by atoms with E-state index in [4.69, 9.17) is 0 Å². The van der Waals surface area contributed by atoms with Crippen LogP contribution in [0.4, 0.5) is 0 Å². The van der Waals surface area contributed by atoms with Crippen molar-refractivity contribution >= 4 is 12.2 Å². The van der Waals surface area contributed by atoms with Crippen LogP contribution in [0.25, 0.3) is 23.4 Å². The molecule has 0 bridgehead atoms. The lowest BCUT2D eigenvalue weighted by atomic mass is 10.1. The molecule has 0 saturated carbocycles. The lowest BCUT2D eigenvalue weighted by Gasteiger charge is -2.03. The van der Waals surface area contributed by atoms with Gasteiger partial charge in [0.2, 0.25) is 0 Å². The Morgan fingerprint density at radius 2 is 1.50 bits per heavy atom. The molecule has 1 heterocycles. The zero-order chi connectivity index (χ0) is 13.8. The highest BCUT2D eigenvalue weighted by Gasteiger charge is 2.07. The minimum absolute atomic E-state index is 1.13. The standard InChI is InChI=1S/C18H16N2/c1-20-18(16-10-6-3-7-11-16)17(14-19-20)13-12-15-8-4-2-5-9-15/h2-14H,1H3/b13-12+. The van der Waals surface area contributed by atoms with Gasteiger partial charge in [-0.25, -0.2) is 0 Å². The largest absolute Gasteiger partial charge is 0.267 e. The molecule has 0 N–H and O–H groups in total. The molecule has 3 rings (SSSR count). The van der Waals surface area contributed by atoms with Crippen LogP contribution in [0, 0.1) is 0 Å². The molecular formula is C18H16N2. The van der Waals surface area contributed by atoms with E-state index in [2.05, 4.69) is 41.5 Å². The summed E-state index contributed by atoms with van der Waals surface area (Å²) in [5.74, 6) is 0. The molecule has 0 aliphatic carbocycles. The van der Waals surface area contributed by atoms with Gasteiger partial charge in [-0.2, -0.15) is 5.10 Å². The Kier molecular flexibility index (Phi) is 3.46. The summed E-state index contributed by atoms with van der Waals surface area (Å²) in [5.41, 5.74) is 4.64. The van der Waals surface area contributed by atoms with Gasteiger partial charge in [-0.05, 0) is 5.56 Å². The first-order valence-corrected chi connectivity index (χ1v) is 6.65. The van der Waals surface area contributed by atoms with E-state index in [0.717, 1.165) is 11.3 Å². The van der Waals surface area contributed by atoms with Crippen LogP contribution in [-0.4, -0.2) is 9.78 Å². The van der Waals surface area contributed by atoms with Gasteiger partial charge in [0, 0.05) is 18.2 Å². The molecule has 20 heavy (non-hydrogen) atoms. The van der Waals surface area contributed by atoms with E-state index in [0.29, 0.717) is 0 Å². The summed E-state index contributed by atoms with van der Waals surface area (Å²) >= 11 is 0. The van der Waals surface area contributed by atoms with E-state index in [9.17, 15) is 0 Å². The third-order valence-electron chi connectivity index (χ3n) is 3.27. The quantitative estimate of drug-likeness (QED) is 0.688. The topological polar surface area (TPSA) is 17.8 Å². The summed E-state index contributed by atoms with van der Waals surface area (Å²) in [6, 6.07) is 20.6. The lowest BCUT2D eigenvalue weighted by Crippen LogP contribution is -1.93. The van der Waals surface area contributed by atoms with E-state index in [1.165, 1.54) is 11.1 Å². The van der Waals surface area contributed by atoms with Gasteiger partial charge in [0.15, 0.2) is 0 Å². The zero-order valence-electron chi connectivity index (χ0n) is 11.4. The lowest BCUT2D eigenvalue weighted by molar-refractivity contribution is 0.776. The third-order valence-corrected chi connectivity index (χ3v) is 3.27. The van der Waals surface area contributed by atoms with Crippen LogP contribution >= 0.6 is 0 Å². The van der Waals surface area contributed by atoms with Crippen LogP contribution in [0.15, 0.2) is 66.9 Å². The van der Waals surface area contributed by atoms with Gasteiger partial charge in [-0.3, -0.25) is 4.68 Å². The molecule has 2 nitrogen and oxygen atoms in total.